The Labute approximate surface area is 154 Å². The van der Waals surface area contributed by atoms with E-state index in [-0.39, 0.29) is 0 Å². The highest BCUT2D eigenvalue weighted by Crippen LogP contribution is 2.46. The molecule has 0 fully saturated rings. The van der Waals surface area contributed by atoms with E-state index in [1.165, 1.54) is 6.92 Å². The van der Waals surface area contributed by atoms with Crippen LogP contribution in [0.4, 0.5) is 0 Å². The van der Waals surface area contributed by atoms with Gasteiger partial charge in [-0.2, -0.15) is 0 Å². The number of carbonyl (C=O) groups is 2. The molecule has 26 heavy (non-hydrogen) atoms. The first-order chi connectivity index (χ1) is 12.6. The minimum atomic E-state index is -2.41. The van der Waals surface area contributed by atoms with Crippen molar-refractivity contribution in [2.24, 2.45) is 0 Å². The van der Waals surface area contributed by atoms with Crippen molar-refractivity contribution < 1.29 is 9.59 Å². The van der Waals surface area contributed by atoms with E-state index in [4.69, 9.17) is 0 Å². The SMILES string of the molecule is CC(=O)C(=O)C(C)=P(c1ccccc1)(c1ccccc1)c1ccccc1. The van der Waals surface area contributed by atoms with Gasteiger partial charge in [0.1, 0.15) is 0 Å². The summed E-state index contributed by atoms with van der Waals surface area (Å²) < 4.78 is 0. The van der Waals surface area contributed by atoms with Gasteiger partial charge in [0.2, 0.25) is 5.78 Å². The molecule has 2 nitrogen and oxygen atoms in total. The van der Waals surface area contributed by atoms with Gasteiger partial charge >= 0.3 is 0 Å². The van der Waals surface area contributed by atoms with Crippen molar-refractivity contribution >= 4 is 39.7 Å². The molecule has 0 spiro atoms. The van der Waals surface area contributed by atoms with Crippen LogP contribution in [0.5, 0.6) is 0 Å². The van der Waals surface area contributed by atoms with Crippen LogP contribution in [-0.4, -0.2) is 16.9 Å². The highest BCUT2D eigenvalue weighted by atomic mass is 31.2. The van der Waals surface area contributed by atoms with Crippen LogP contribution in [0.1, 0.15) is 13.8 Å². The third-order valence-corrected chi connectivity index (χ3v) is 9.01. The van der Waals surface area contributed by atoms with Gasteiger partial charge in [-0.1, -0.05) is 91.0 Å². The lowest BCUT2D eigenvalue weighted by molar-refractivity contribution is -0.131. The van der Waals surface area contributed by atoms with E-state index in [0.717, 1.165) is 15.9 Å². The van der Waals surface area contributed by atoms with E-state index < -0.39 is 18.5 Å². The van der Waals surface area contributed by atoms with Crippen molar-refractivity contribution in [1.29, 1.82) is 0 Å². The Morgan fingerprint density at radius 1 is 0.577 bits per heavy atom. The quantitative estimate of drug-likeness (QED) is 0.517. The van der Waals surface area contributed by atoms with Crippen LogP contribution in [0.15, 0.2) is 91.0 Å². The molecule has 0 aliphatic carbocycles. The summed E-state index contributed by atoms with van der Waals surface area (Å²) in [7, 11) is 0. The maximum absolute atomic E-state index is 12.9. The van der Waals surface area contributed by atoms with Gasteiger partial charge in [0.15, 0.2) is 5.78 Å². The Bertz CT molecular complexity index is 871. The molecule has 3 aromatic rings. The molecule has 0 unspecified atom stereocenters. The summed E-state index contributed by atoms with van der Waals surface area (Å²) in [5.41, 5.74) is 0. The smallest absolute Gasteiger partial charge is 0.225 e. The summed E-state index contributed by atoms with van der Waals surface area (Å²) >= 11 is 0. The van der Waals surface area contributed by atoms with Gasteiger partial charge in [-0.3, -0.25) is 9.59 Å². The molecule has 0 aliphatic heterocycles. The first-order valence-corrected chi connectivity index (χ1v) is 10.3. The second kappa shape index (κ2) is 7.68. The van der Waals surface area contributed by atoms with E-state index >= 15 is 0 Å². The fourth-order valence-electron chi connectivity index (χ4n) is 3.39. The topological polar surface area (TPSA) is 34.1 Å². The first kappa shape index (κ1) is 18.1. The predicted molar refractivity (Wildman–Crippen MR) is 112 cm³/mol. The van der Waals surface area contributed by atoms with Crippen LogP contribution < -0.4 is 15.9 Å². The Balaban J connectivity index is 2.55. The van der Waals surface area contributed by atoms with Crippen molar-refractivity contribution in [2.45, 2.75) is 13.8 Å². The van der Waals surface area contributed by atoms with Gasteiger partial charge in [0.25, 0.3) is 0 Å². The summed E-state index contributed by atoms with van der Waals surface area (Å²) in [6.45, 7) is 0.765. The van der Waals surface area contributed by atoms with Crippen LogP contribution in [0.2, 0.25) is 0 Å². The molecule has 130 valence electrons. The molecular formula is C23H21O2P. The summed E-state index contributed by atoms with van der Waals surface area (Å²) in [5, 5.41) is 3.84. The molecule has 3 aromatic carbocycles. The summed E-state index contributed by atoms with van der Waals surface area (Å²) in [5.74, 6) is -0.815. The lowest BCUT2D eigenvalue weighted by Crippen LogP contribution is -2.34. The van der Waals surface area contributed by atoms with Crippen LogP contribution >= 0.6 is 6.89 Å². The number of carbonyl (C=O) groups excluding carboxylic acids is 2. The Morgan fingerprint density at radius 3 is 1.15 bits per heavy atom. The van der Waals surface area contributed by atoms with Crippen LogP contribution in [0.3, 0.4) is 0 Å². The molecule has 0 amide bonds. The molecule has 0 heterocycles. The molecule has 0 N–H and O–H groups in total. The molecule has 0 saturated carbocycles. The molecule has 0 bridgehead atoms. The highest BCUT2D eigenvalue weighted by molar-refractivity contribution is 7.96. The zero-order chi connectivity index (χ0) is 18.6. The second-order valence-corrected chi connectivity index (χ2v) is 9.71. The van der Waals surface area contributed by atoms with E-state index in [9.17, 15) is 9.59 Å². The fourth-order valence-corrected chi connectivity index (χ4v) is 7.77. The average Bonchev–Trinajstić information content (AvgIpc) is 2.70. The highest BCUT2D eigenvalue weighted by Gasteiger charge is 2.31. The number of ketones is 2. The second-order valence-electron chi connectivity index (χ2n) is 6.15. The summed E-state index contributed by atoms with van der Waals surface area (Å²) in [6, 6.07) is 30.2. The molecule has 0 radical (unpaired) electrons. The molecule has 0 aliphatic rings. The van der Waals surface area contributed by atoms with Crippen molar-refractivity contribution in [3.05, 3.63) is 91.0 Å². The molecular weight excluding hydrogens is 339 g/mol. The third kappa shape index (κ3) is 3.09. The van der Waals surface area contributed by atoms with Crippen LogP contribution in [0.25, 0.3) is 0 Å². The fraction of sp³-hybridized carbons (Fsp3) is 0.0870. The minimum Gasteiger partial charge on any atom is -0.291 e. The van der Waals surface area contributed by atoms with Gasteiger partial charge in [-0.25, -0.2) is 0 Å². The van der Waals surface area contributed by atoms with Crippen LogP contribution in [0, 0.1) is 0 Å². The Hall–Kier alpha value is -2.70. The van der Waals surface area contributed by atoms with Crippen molar-refractivity contribution in [1.82, 2.24) is 0 Å². The normalized spacial score (nSPS) is 11.0. The van der Waals surface area contributed by atoms with E-state index in [1.807, 2.05) is 61.5 Å². The van der Waals surface area contributed by atoms with Gasteiger partial charge < -0.3 is 0 Å². The number of hydrogen-bond acceptors (Lipinski definition) is 2. The lowest BCUT2D eigenvalue weighted by Gasteiger charge is -2.31. The number of hydrogen-bond donors (Lipinski definition) is 0. The number of benzene rings is 3. The monoisotopic (exact) mass is 360 g/mol. The molecule has 0 saturated heterocycles. The Morgan fingerprint density at radius 2 is 0.885 bits per heavy atom. The van der Waals surface area contributed by atoms with E-state index in [2.05, 4.69) is 36.4 Å². The number of rotatable bonds is 5. The Kier molecular flexibility index (Phi) is 5.35. The summed E-state index contributed by atoms with van der Waals surface area (Å²) in [6.07, 6.45) is 0. The zero-order valence-corrected chi connectivity index (χ0v) is 15.8. The molecule has 0 aromatic heterocycles. The summed E-state index contributed by atoms with van der Waals surface area (Å²) in [4.78, 5) is 24.8. The standard InChI is InChI=1S/C23H21O2P/c1-18(24)23(25)19(2)26(20-12-6-3-7-13-20,21-14-8-4-9-15-21)22-16-10-5-11-17-22/h3-17H,1-2H3. The van der Waals surface area contributed by atoms with E-state index in [0.29, 0.717) is 5.29 Å². The molecule has 0 atom stereocenters. The first-order valence-electron chi connectivity index (χ1n) is 8.53. The van der Waals surface area contributed by atoms with Gasteiger partial charge in [-0.05, 0) is 29.7 Å². The van der Waals surface area contributed by atoms with Crippen molar-refractivity contribution in [3.8, 4) is 0 Å². The lowest BCUT2D eigenvalue weighted by atomic mass is 10.2. The minimum absolute atomic E-state index is 0.394. The maximum Gasteiger partial charge on any atom is 0.225 e. The maximum atomic E-state index is 12.9. The van der Waals surface area contributed by atoms with Crippen molar-refractivity contribution in [2.75, 3.05) is 0 Å². The van der Waals surface area contributed by atoms with Gasteiger partial charge in [0, 0.05) is 12.2 Å². The van der Waals surface area contributed by atoms with Gasteiger partial charge in [0.05, 0.1) is 0 Å². The van der Waals surface area contributed by atoms with Crippen molar-refractivity contribution in [3.63, 3.8) is 0 Å². The zero-order valence-electron chi connectivity index (χ0n) is 14.9. The van der Waals surface area contributed by atoms with E-state index in [1.54, 1.807) is 0 Å². The largest absolute Gasteiger partial charge is 0.291 e. The average molecular weight is 360 g/mol. The molecule has 3 rings (SSSR count). The van der Waals surface area contributed by atoms with Crippen LogP contribution in [-0.2, 0) is 9.59 Å². The number of Topliss-reactive ketones (excluding diaryl/α,β-unsaturated/α-hetero) is 2. The third-order valence-electron chi connectivity index (χ3n) is 4.58. The predicted octanol–water partition coefficient (Wildman–Crippen LogP) is 3.33. The molecule has 3 heteroatoms. The van der Waals surface area contributed by atoms with Gasteiger partial charge in [-0.15, -0.1) is 0 Å².